The first-order valence-electron chi connectivity index (χ1n) is 12.2. The quantitative estimate of drug-likeness (QED) is 0.492. The van der Waals surface area contributed by atoms with Crippen molar-refractivity contribution in [3.05, 3.63) is 53.2 Å². The summed E-state index contributed by atoms with van der Waals surface area (Å²) in [4.78, 5) is 26.2. The molecular weight excluding hydrogens is 499 g/mol. The zero-order valence-electron chi connectivity index (χ0n) is 20.8. The zero-order chi connectivity index (χ0) is 27.4. The maximum Gasteiger partial charge on any atom is 0.416 e. The van der Waals surface area contributed by atoms with Crippen molar-refractivity contribution in [1.82, 2.24) is 24.5 Å². The Morgan fingerprint density at radius 3 is 2.47 bits per heavy atom. The highest BCUT2D eigenvalue weighted by molar-refractivity contribution is 6.03. The van der Waals surface area contributed by atoms with Crippen LogP contribution in [0.15, 0.2) is 36.5 Å². The molecule has 200 valence electrons. The Labute approximate surface area is 217 Å². The van der Waals surface area contributed by atoms with Gasteiger partial charge in [-0.05, 0) is 62.3 Å². The maximum atomic E-state index is 13.1. The highest BCUT2D eigenvalue weighted by Gasteiger charge is 2.31. The highest BCUT2D eigenvalue weighted by atomic mass is 19.4. The second kappa shape index (κ2) is 11.0. The first-order valence-corrected chi connectivity index (χ1v) is 12.2. The molecule has 4 N–H and O–H groups in total. The number of amides is 2. The molecule has 38 heavy (non-hydrogen) atoms. The molecule has 3 heterocycles. The van der Waals surface area contributed by atoms with Crippen LogP contribution in [-0.2, 0) is 17.5 Å². The van der Waals surface area contributed by atoms with E-state index in [1.54, 1.807) is 34.8 Å². The molecule has 0 bridgehead atoms. The van der Waals surface area contributed by atoms with Crippen molar-refractivity contribution in [3.8, 4) is 23.2 Å². The van der Waals surface area contributed by atoms with Crippen LogP contribution >= 0.6 is 0 Å². The number of halogens is 3. The van der Waals surface area contributed by atoms with Crippen molar-refractivity contribution in [1.29, 1.82) is 0 Å². The van der Waals surface area contributed by atoms with Crippen LogP contribution in [-0.4, -0.2) is 49.4 Å². The third kappa shape index (κ3) is 5.82. The van der Waals surface area contributed by atoms with Crippen molar-refractivity contribution in [2.45, 2.75) is 51.4 Å². The van der Waals surface area contributed by atoms with Crippen molar-refractivity contribution < 1.29 is 22.8 Å². The summed E-state index contributed by atoms with van der Waals surface area (Å²) >= 11 is 0. The van der Waals surface area contributed by atoms with Crippen LogP contribution in [0.3, 0.4) is 0 Å². The van der Waals surface area contributed by atoms with E-state index in [0.29, 0.717) is 50.0 Å². The lowest BCUT2D eigenvalue weighted by molar-refractivity contribution is -0.137. The van der Waals surface area contributed by atoms with E-state index >= 15 is 0 Å². The molecule has 12 heteroatoms. The van der Waals surface area contributed by atoms with E-state index < -0.39 is 17.6 Å². The Morgan fingerprint density at radius 2 is 1.84 bits per heavy atom. The van der Waals surface area contributed by atoms with Crippen molar-refractivity contribution in [2.24, 2.45) is 5.73 Å². The molecule has 1 aliphatic heterocycles. The summed E-state index contributed by atoms with van der Waals surface area (Å²) in [7, 11) is 0. The van der Waals surface area contributed by atoms with E-state index in [0.717, 1.165) is 12.1 Å². The summed E-state index contributed by atoms with van der Waals surface area (Å²) in [5.41, 5.74) is 12.3. The van der Waals surface area contributed by atoms with Gasteiger partial charge in [0.15, 0.2) is 0 Å². The van der Waals surface area contributed by atoms with E-state index in [2.05, 4.69) is 22.0 Å². The second-order valence-corrected chi connectivity index (χ2v) is 9.12. The van der Waals surface area contributed by atoms with Crippen LogP contribution in [0, 0.1) is 11.8 Å². The number of nitrogens with two attached hydrogens (primary N) is 2. The Bertz CT molecular complexity index is 1390. The number of benzene rings is 1. The summed E-state index contributed by atoms with van der Waals surface area (Å²) in [6.07, 6.45) is -0.0910. The van der Waals surface area contributed by atoms with Crippen LogP contribution in [0.4, 0.5) is 19.0 Å². The molecule has 1 saturated heterocycles. The molecule has 1 fully saturated rings. The number of hydrogen-bond donors (Lipinski definition) is 2. The number of carbonyl (C=O) groups is 2. The molecule has 3 aromatic rings. The third-order valence-electron chi connectivity index (χ3n) is 6.47. The van der Waals surface area contributed by atoms with Gasteiger partial charge in [-0.15, -0.1) is 0 Å². The molecule has 9 nitrogen and oxygen atoms in total. The lowest BCUT2D eigenvalue weighted by atomic mass is 10.0. The molecule has 4 rings (SSSR count). The van der Waals surface area contributed by atoms with Crippen LogP contribution in [0.5, 0.6) is 0 Å². The average Bonchev–Trinajstić information content (AvgIpc) is 3.43. The lowest BCUT2D eigenvalue weighted by Crippen LogP contribution is -2.34. The molecule has 0 saturated carbocycles. The highest BCUT2D eigenvalue weighted by Crippen LogP contribution is 2.33. The number of nitrogens with zero attached hydrogens (tertiary/aromatic N) is 5. The van der Waals surface area contributed by atoms with Gasteiger partial charge in [0.25, 0.3) is 11.8 Å². The van der Waals surface area contributed by atoms with Gasteiger partial charge >= 0.3 is 6.18 Å². The Hall–Kier alpha value is -4.27. The number of nitrogen functional groups attached to an aromatic ring is 1. The number of carbonyl (C=O) groups excluding carboxylic acids is 2. The summed E-state index contributed by atoms with van der Waals surface area (Å²) in [6, 6.07) is 6.51. The zero-order valence-corrected chi connectivity index (χ0v) is 20.8. The van der Waals surface area contributed by atoms with Gasteiger partial charge in [0, 0.05) is 19.3 Å². The molecule has 0 unspecified atom stereocenters. The van der Waals surface area contributed by atoms with E-state index in [-0.39, 0.29) is 35.6 Å². The molecule has 2 aromatic heterocycles. The van der Waals surface area contributed by atoms with Crippen molar-refractivity contribution in [3.63, 3.8) is 0 Å². The molecular formula is C26H28F3N7O2. The van der Waals surface area contributed by atoms with Crippen LogP contribution in [0.25, 0.3) is 11.4 Å². The molecule has 0 radical (unpaired) electrons. The van der Waals surface area contributed by atoms with E-state index in [4.69, 9.17) is 11.5 Å². The Kier molecular flexibility index (Phi) is 7.75. The van der Waals surface area contributed by atoms with Crippen LogP contribution in [0.1, 0.15) is 60.1 Å². The summed E-state index contributed by atoms with van der Waals surface area (Å²) in [6.45, 7) is 2.83. The molecule has 2 amide bonds. The van der Waals surface area contributed by atoms with Crippen molar-refractivity contribution >= 4 is 17.6 Å². The maximum absolute atomic E-state index is 13.1. The largest absolute Gasteiger partial charge is 0.416 e. The number of rotatable bonds is 5. The molecule has 1 aliphatic rings. The monoisotopic (exact) mass is 527 g/mol. The van der Waals surface area contributed by atoms with Crippen LogP contribution < -0.4 is 11.5 Å². The molecule has 1 aromatic carbocycles. The Morgan fingerprint density at radius 1 is 1.13 bits per heavy atom. The van der Waals surface area contributed by atoms with Gasteiger partial charge in [0.2, 0.25) is 0 Å². The predicted octanol–water partition coefficient (Wildman–Crippen LogP) is 3.46. The molecule has 0 atom stereocenters. The van der Waals surface area contributed by atoms with Gasteiger partial charge in [-0.1, -0.05) is 18.1 Å². The van der Waals surface area contributed by atoms with Gasteiger partial charge in [-0.25, -0.2) is 4.68 Å². The van der Waals surface area contributed by atoms with Gasteiger partial charge in [0.05, 0.1) is 18.2 Å². The number of likely N-dealkylation sites (tertiary alicyclic amines) is 1. The number of primary amides is 1. The fourth-order valence-electron chi connectivity index (χ4n) is 4.68. The fourth-order valence-corrected chi connectivity index (χ4v) is 4.68. The molecule has 0 spiro atoms. The number of hydrogen-bond acceptors (Lipinski definition) is 5. The minimum Gasteiger partial charge on any atom is -0.383 e. The minimum atomic E-state index is -4.44. The number of aromatic nitrogens is 4. The predicted molar refractivity (Wildman–Crippen MR) is 134 cm³/mol. The summed E-state index contributed by atoms with van der Waals surface area (Å²) in [5.74, 6) is 4.40. The van der Waals surface area contributed by atoms with Gasteiger partial charge < -0.3 is 16.4 Å². The normalized spacial score (nSPS) is 14.9. The smallest absolute Gasteiger partial charge is 0.383 e. The second-order valence-electron chi connectivity index (χ2n) is 9.12. The Balaban J connectivity index is 1.56. The first kappa shape index (κ1) is 26.8. The summed E-state index contributed by atoms with van der Waals surface area (Å²) in [5, 5.41) is 9.04. The molecule has 0 aliphatic carbocycles. The fraction of sp³-hybridized carbons (Fsp3) is 0.385. The lowest BCUT2D eigenvalue weighted by Gasteiger charge is -2.27. The van der Waals surface area contributed by atoms with E-state index in [1.165, 1.54) is 10.7 Å². The SMILES string of the molecule is CC#CC(=O)N1CCCC(n2nc(-c3ccn(Cc4cccc(C(F)(F)F)c4)n3)c(C(N)=O)c2N)CCC1. The van der Waals surface area contributed by atoms with Gasteiger partial charge in [-0.2, -0.15) is 23.4 Å². The first-order chi connectivity index (χ1) is 18.1. The summed E-state index contributed by atoms with van der Waals surface area (Å²) < 4.78 is 42.3. The standard InChI is InChI=1S/C26H28F3N7O2/c1-2-6-21(37)34-12-4-9-19(10-5-13-34)36-24(30)22(25(31)38)23(33-36)20-11-14-35(32-20)16-17-7-3-8-18(15-17)26(27,28)29/h3,7-8,11,14-15,19H,4-5,9-10,12-13,16,30H2,1H3,(H2,31,38). The third-order valence-corrected chi connectivity index (χ3v) is 6.47. The van der Waals surface area contributed by atoms with E-state index in [1.807, 2.05) is 0 Å². The average molecular weight is 528 g/mol. The van der Waals surface area contributed by atoms with Gasteiger partial charge in [0.1, 0.15) is 22.8 Å². The number of alkyl halides is 3. The van der Waals surface area contributed by atoms with E-state index in [9.17, 15) is 22.8 Å². The van der Waals surface area contributed by atoms with Crippen molar-refractivity contribution in [2.75, 3.05) is 18.8 Å². The van der Waals surface area contributed by atoms with Gasteiger partial charge in [-0.3, -0.25) is 14.3 Å². The topological polar surface area (TPSA) is 125 Å². The minimum absolute atomic E-state index is 0.0476. The van der Waals surface area contributed by atoms with Crippen LogP contribution in [0.2, 0.25) is 0 Å². The number of anilines is 1.